The number of aliphatic hydroxyl groups excluding tert-OH is 1. The first-order chi connectivity index (χ1) is 10.2. The van der Waals surface area contributed by atoms with E-state index in [1.807, 2.05) is 30.3 Å². The standard InChI is InChI=1S/C17H28N2O2/c1-14-6-5-9-19(17(14)10-18)11-16(20)13-21-12-15-7-3-2-4-8-15/h2-4,7-8,14,16-17,20H,5-6,9-13,18H2,1H3. The fourth-order valence-electron chi connectivity index (χ4n) is 3.15. The van der Waals surface area contributed by atoms with Crippen LogP contribution in [0.5, 0.6) is 0 Å². The fourth-order valence-corrected chi connectivity index (χ4v) is 3.15. The van der Waals surface area contributed by atoms with Crippen LogP contribution >= 0.6 is 0 Å². The van der Waals surface area contributed by atoms with Crippen molar-refractivity contribution in [2.45, 2.75) is 38.5 Å². The van der Waals surface area contributed by atoms with Crippen LogP contribution in [0.2, 0.25) is 0 Å². The van der Waals surface area contributed by atoms with E-state index >= 15 is 0 Å². The van der Waals surface area contributed by atoms with E-state index in [4.69, 9.17) is 10.5 Å². The zero-order chi connectivity index (χ0) is 15.1. The number of likely N-dealkylation sites (tertiary alicyclic amines) is 1. The van der Waals surface area contributed by atoms with Gasteiger partial charge in [0.05, 0.1) is 19.3 Å². The molecule has 0 bridgehead atoms. The number of nitrogens with zero attached hydrogens (tertiary/aromatic N) is 1. The molecule has 1 saturated heterocycles. The minimum atomic E-state index is -0.451. The Balaban J connectivity index is 1.72. The maximum atomic E-state index is 10.2. The van der Waals surface area contributed by atoms with Crippen molar-refractivity contribution in [2.24, 2.45) is 11.7 Å². The Morgan fingerprint density at radius 1 is 1.38 bits per heavy atom. The Labute approximate surface area is 127 Å². The maximum absolute atomic E-state index is 10.2. The predicted octanol–water partition coefficient (Wildman–Crippen LogP) is 1.62. The molecule has 1 fully saturated rings. The summed E-state index contributed by atoms with van der Waals surface area (Å²) in [5, 5.41) is 10.2. The molecule has 3 N–H and O–H groups in total. The Morgan fingerprint density at radius 3 is 2.86 bits per heavy atom. The molecule has 1 aromatic carbocycles. The van der Waals surface area contributed by atoms with E-state index in [9.17, 15) is 5.11 Å². The molecule has 3 atom stereocenters. The van der Waals surface area contributed by atoms with Gasteiger partial charge in [0.25, 0.3) is 0 Å². The van der Waals surface area contributed by atoms with Crippen molar-refractivity contribution >= 4 is 0 Å². The molecule has 21 heavy (non-hydrogen) atoms. The topological polar surface area (TPSA) is 58.7 Å². The van der Waals surface area contributed by atoms with Gasteiger partial charge < -0.3 is 15.6 Å². The molecule has 0 radical (unpaired) electrons. The van der Waals surface area contributed by atoms with Crippen molar-refractivity contribution in [3.63, 3.8) is 0 Å². The van der Waals surface area contributed by atoms with E-state index in [1.54, 1.807) is 0 Å². The van der Waals surface area contributed by atoms with Gasteiger partial charge in [0.2, 0.25) is 0 Å². The van der Waals surface area contributed by atoms with Crippen LogP contribution in [-0.4, -0.2) is 48.4 Å². The van der Waals surface area contributed by atoms with Crippen molar-refractivity contribution in [1.29, 1.82) is 0 Å². The summed E-state index contributed by atoms with van der Waals surface area (Å²) in [6, 6.07) is 10.4. The molecular formula is C17H28N2O2. The third kappa shape index (κ3) is 5.08. The highest BCUT2D eigenvalue weighted by atomic mass is 16.5. The Bertz CT molecular complexity index is 399. The third-order valence-electron chi connectivity index (χ3n) is 4.34. The molecule has 0 spiro atoms. The number of hydrogen-bond acceptors (Lipinski definition) is 4. The van der Waals surface area contributed by atoms with Crippen molar-refractivity contribution in [3.05, 3.63) is 35.9 Å². The van der Waals surface area contributed by atoms with Crippen LogP contribution in [0.15, 0.2) is 30.3 Å². The van der Waals surface area contributed by atoms with E-state index < -0.39 is 6.10 Å². The summed E-state index contributed by atoms with van der Waals surface area (Å²) in [4.78, 5) is 2.32. The average molecular weight is 292 g/mol. The molecule has 0 saturated carbocycles. The zero-order valence-corrected chi connectivity index (χ0v) is 12.9. The molecule has 1 heterocycles. The van der Waals surface area contributed by atoms with Gasteiger partial charge in [-0.2, -0.15) is 0 Å². The van der Waals surface area contributed by atoms with Gasteiger partial charge in [-0.3, -0.25) is 4.90 Å². The highest BCUT2D eigenvalue weighted by Gasteiger charge is 2.28. The summed E-state index contributed by atoms with van der Waals surface area (Å²) >= 11 is 0. The molecule has 1 aliphatic rings. The molecule has 0 aliphatic carbocycles. The lowest BCUT2D eigenvalue weighted by Crippen LogP contribution is -2.51. The first-order valence-corrected chi connectivity index (χ1v) is 7.94. The summed E-state index contributed by atoms with van der Waals surface area (Å²) in [6.07, 6.45) is 1.97. The maximum Gasteiger partial charge on any atom is 0.0900 e. The molecule has 118 valence electrons. The average Bonchev–Trinajstić information content (AvgIpc) is 2.48. The second-order valence-corrected chi connectivity index (χ2v) is 6.07. The SMILES string of the molecule is CC1CCCN(CC(O)COCc2ccccc2)C1CN. The van der Waals surface area contributed by atoms with Crippen LogP contribution < -0.4 is 5.73 Å². The van der Waals surface area contributed by atoms with Crippen molar-refractivity contribution in [3.8, 4) is 0 Å². The molecule has 3 unspecified atom stereocenters. The molecule has 4 nitrogen and oxygen atoms in total. The zero-order valence-electron chi connectivity index (χ0n) is 12.9. The van der Waals surface area contributed by atoms with Crippen LogP contribution in [-0.2, 0) is 11.3 Å². The number of aliphatic hydroxyl groups is 1. The van der Waals surface area contributed by atoms with Gasteiger partial charge >= 0.3 is 0 Å². The summed E-state index contributed by atoms with van der Waals surface area (Å²) in [6.45, 7) is 5.52. The van der Waals surface area contributed by atoms with E-state index in [2.05, 4.69) is 11.8 Å². The lowest BCUT2D eigenvalue weighted by molar-refractivity contribution is -0.00967. The molecular weight excluding hydrogens is 264 g/mol. The van der Waals surface area contributed by atoms with Crippen LogP contribution in [0.3, 0.4) is 0 Å². The van der Waals surface area contributed by atoms with Crippen LogP contribution in [0.1, 0.15) is 25.3 Å². The smallest absolute Gasteiger partial charge is 0.0900 e. The second kappa shape index (κ2) is 8.49. The highest BCUT2D eigenvalue weighted by Crippen LogP contribution is 2.22. The monoisotopic (exact) mass is 292 g/mol. The fraction of sp³-hybridized carbons (Fsp3) is 0.647. The molecule has 4 heteroatoms. The van der Waals surface area contributed by atoms with Crippen molar-refractivity contribution in [1.82, 2.24) is 4.90 Å². The second-order valence-electron chi connectivity index (χ2n) is 6.07. The summed E-state index contributed by atoms with van der Waals surface area (Å²) in [5.41, 5.74) is 7.02. The quantitative estimate of drug-likeness (QED) is 0.802. The van der Waals surface area contributed by atoms with E-state index in [0.717, 1.165) is 12.1 Å². The normalized spacial score (nSPS) is 24.9. The van der Waals surface area contributed by atoms with Gasteiger partial charge in [-0.25, -0.2) is 0 Å². The Kier molecular flexibility index (Phi) is 6.64. The minimum Gasteiger partial charge on any atom is -0.389 e. The van der Waals surface area contributed by atoms with Crippen molar-refractivity contribution < 1.29 is 9.84 Å². The molecule has 1 aliphatic heterocycles. The molecule has 2 rings (SSSR count). The van der Waals surface area contributed by atoms with E-state index in [-0.39, 0.29) is 0 Å². The van der Waals surface area contributed by atoms with Gasteiger partial charge in [-0.1, -0.05) is 37.3 Å². The van der Waals surface area contributed by atoms with Crippen molar-refractivity contribution in [2.75, 3.05) is 26.2 Å². The van der Waals surface area contributed by atoms with Gasteiger partial charge in [-0.05, 0) is 30.9 Å². The number of rotatable bonds is 7. The molecule has 0 aromatic heterocycles. The lowest BCUT2D eigenvalue weighted by Gasteiger charge is -2.40. The summed E-state index contributed by atoms with van der Waals surface area (Å²) < 4.78 is 5.61. The Morgan fingerprint density at radius 2 is 2.14 bits per heavy atom. The number of benzene rings is 1. The van der Waals surface area contributed by atoms with Gasteiger partial charge in [0, 0.05) is 19.1 Å². The minimum absolute atomic E-state index is 0.372. The summed E-state index contributed by atoms with van der Waals surface area (Å²) in [5.74, 6) is 0.612. The number of nitrogens with two attached hydrogens (primary N) is 1. The first kappa shape index (κ1) is 16.4. The van der Waals surface area contributed by atoms with Gasteiger partial charge in [0.1, 0.15) is 0 Å². The highest BCUT2D eigenvalue weighted by molar-refractivity contribution is 5.13. The van der Waals surface area contributed by atoms with E-state index in [0.29, 0.717) is 38.3 Å². The van der Waals surface area contributed by atoms with Gasteiger partial charge in [-0.15, -0.1) is 0 Å². The number of ether oxygens (including phenoxy) is 1. The van der Waals surface area contributed by atoms with E-state index in [1.165, 1.54) is 12.8 Å². The van der Waals surface area contributed by atoms with Crippen LogP contribution in [0.4, 0.5) is 0 Å². The Hall–Kier alpha value is -0.940. The number of β-amino-alcohol motifs (C(OH)–C–C–N with tert-alkyl or cyclic N) is 1. The summed E-state index contributed by atoms with van der Waals surface area (Å²) in [7, 11) is 0. The predicted molar refractivity (Wildman–Crippen MR) is 84.9 cm³/mol. The van der Waals surface area contributed by atoms with Crippen LogP contribution in [0, 0.1) is 5.92 Å². The largest absolute Gasteiger partial charge is 0.389 e. The first-order valence-electron chi connectivity index (χ1n) is 7.94. The van der Waals surface area contributed by atoms with Gasteiger partial charge in [0.15, 0.2) is 0 Å². The number of piperidine rings is 1. The molecule has 1 aromatic rings. The lowest BCUT2D eigenvalue weighted by atomic mass is 9.90. The molecule has 0 amide bonds. The number of hydrogen-bond donors (Lipinski definition) is 2. The van der Waals surface area contributed by atoms with Crippen LogP contribution in [0.25, 0.3) is 0 Å². The third-order valence-corrected chi connectivity index (χ3v) is 4.34.